The van der Waals surface area contributed by atoms with Crippen LogP contribution < -0.4 is 10.9 Å². The molecule has 0 aliphatic carbocycles. The van der Waals surface area contributed by atoms with Crippen LogP contribution >= 0.6 is 0 Å². The molecule has 0 saturated carbocycles. The lowest BCUT2D eigenvalue weighted by molar-refractivity contribution is 0.914. The second kappa shape index (κ2) is 5.25. The van der Waals surface area contributed by atoms with Gasteiger partial charge in [-0.15, -0.1) is 0 Å². The number of pyridine rings is 1. The summed E-state index contributed by atoms with van der Waals surface area (Å²) < 4.78 is 0. The number of hydrogen-bond acceptors (Lipinski definition) is 4. The Hall–Kier alpha value is -2.17. The van der Waals surface area contributed by atoms with Gasteiger partial charge in [0.05, 0.1) is 0 Å². The molecule has 2 N–H and O–H groups in total. The van der Waals surface area contributed by atoms with Gasteiger partial charge in [0, 0.05) is 31.4 Å². The van der Waals surface area contributed by atoms with E-state index in [1.165, 1.54) is 6.07 Å². The molecular weight excluding hydrogens is 216 g/mol. The first-order chi connectivity index (χ1) is 8.28. The summed E-state index contributed by atoms with van der Waals surface area (Å²) in [4.78, 5) is 22.3. The molecule has 2 rings (SSSR count). The highest BCUT2D eigenvalue weighted by Crippen LogP contribution is 2.03. The van der Waals surface area contributed by atoms with E-state index in [2.05, 4.69) is 20.3 Å². The summed E-state index contributed by atoms with van der Waals surface area (Å²) in [6.07, 6.45) is 4.21. The van der Waals surface area contributed by atoms with Gasteiger partial charge >= 0.3 is 0 Å². The van der Waals surface area contributed by atoms with Crippen molar-refractivity contribution in [1.82, 2.24) is 15.0 Å². The average Bonchev–Trinajstić information content (AvgIpc) is 2.37. The highest BCUT2D eigenvalue weighted by atomic mass is 16.1. The molecule has 2 aromatic heterocycles. The second-order valence-corrected chi connectivity index (χ2v) is 3.65. The summed E-state index contributed by atoms with van der Waals surface area (Å²) in [6, 6.07) is 5.29. The molecule has 0 saturated heterocycles. The Labute approximate surface area is 99.0 Å². The molecule has 0 radical (unpaired) electrons. The molecule has 0 aliphatic heterocycles. The van der Waals surface area contributed by atoms with Crippen LogP contribution in [0.2, 0.25) is 0 Å². The highest BCUT2D eigenvalue weighted by Gasteiger charge is 1.99. The van der Waals surface area contributed by atoms with E-state index < -0.39 is 0 Å². The van der Waals surface area contributed by atoms with Gasteiger partial charge in [-0.2, -0.15) is 0 Å². The zero-order chi connectivity index (χ0) is 12.1. The fourth-order valence-corrected chi connectivity index (χ4v) is 1.46. The first-order valence-corrected chi connectivity index (χ1v) is 5.51. The lowest BCUT2D eigenvalue weighted by Gasteiger charge is -2.06. The number of aromatic amines is 1. The van der Waals surface area contributed by atoms with Gasteiger partial charge in [0.1, 0.15) is 11.6 Å². The maximum Gasteiger partial charge on any atom is 0.252 e. The lowest BCUT2D eigenvalue weighted by Crippen LogP contribution is -2.13. The number of H-pyrrole nitrogens is 1. The van der Waals surface area contributed by atoms with Crippen molar-refractivity contribution in [3.63, 3.8) is 0 Å². The molecule has 0 bridgehead atoms. The number of aromatic nitrogens is 3. The van der Waals surface area contributed by atoms with Crippen LogP contribution in [0, 0.1) is 0 Å². The number of hydrogen-bond donors (Lipinski definition) is 2. The van der Waals surface area contributed by atoms with Gasteiger partial charge in [0.25, 0.3) is 5.56 Å². The fourth-order valence-electron chi connectivity index (χ4n) is 1.46. The van der Waals surface area contributed by atoms with Crippen molar-refractivity contribution in [3.05, 3.63) is 52.3 Å². The van der Waals surface area contributed by atoms with Crippen molar-refractivity contribution in [2.24, 2.45) is 0 Å². The zero-order valence-corrected chi connectivity index (χ0v) is 9.60. The summed E-state index contributed by atoms with van der Waals surface area (Å²) in [5.41, 5.74) is 0.915. The molecule has 17 heavy (non-hydrogen) atoms. The highest BCUT2D eigenvalue weighted by molar-refractivity contribution is 5.34. The van der Waals surface area contributed by atoms with E-state index in [1.807, 2.05) is 19.1 Å². The second-order valence-electron chi connectivity index (χ2n) is 3.65. The van der Waals surface area contributed by atoms with E-state index in [0.717, 1.165) is 5.56 Å². The van der Waals surface area contributed by atoms with Crippen LogP contribution in [-0.2, 0) is 13.0 Å². The Balaban J connectivity index is 2.09. The van der Waals surface area contributed by atoms with Crippen LogP contribution in [0.25, 0.3) is 0 Å². The maximum absolute atomic E-state index is 11.3. The van der Waals surface area contributed by atoms with Gasteiger partial charge < -0.3 is 10.3 Å². The van der Waals surface area contributed by atoms with Gasteiger partial charge in [0.15, 0.2) is 0 Å². The van der Waals surface area contributed by atoms with Crippen LogP contribution in [0.15, 0.2) is 35.4 Å². The predicted octanol–water partition coefficient (Wildman–Crippen LogP) is 1.34. The first kappa shape index (κ1) is 11.3. The molecular formula is C12H14N4O. The van der Waals surface area contributed by atoms with Crippen LogP contribution in [0.5, 0.6) is 0 Å². The van der Waals surface area contributed by atoms with E-state index in [1.54, 1.807) is 12.4 Å². The summed E-state index contributed by atoms with van der Waals surface area (Å²) in [6.45, 7) is 2.55. The first-order valence-electron chi connectivity index (χ1n) is 5.51. The van der Waals surface area contributed by atoms with E-state index in [0.29, 0.717) is 24.6 Å². The minimum atomic E-state index is -0.134. The van der Waals surface area contributed by atoms with E-state index in [4.69, 9.17) is 0 Å². The normalized spacial score (nSPS) is 10.2. The van der Waals surface area contributed by atoms with Crippen molar-refractivity contribution in [2.45, 2.75) is 19.9 Å². The van der Waals surface area contributed by atoms with Gasteiger partial charge in [-0.1, -0.05) is 13.0 Å². The van der Waals surface area contributed by atoms with Gasteiger partial charge in [-0.05, 0) is 11.6 Å². The summed E-state index contributed by atoms with van der Waals surface area (Å²) in [5, 5.41) is 3.11. The van der Waals surface area contributed by atoms with E-state index >= 15 is 0 Å². The minimum absolute atomic E-state index is 0.134. The molecule has 2 aromatic rings. The van der Waals surface area contributed by atoms with Crippen molar-refractivity contribution >= 4 is 5.82 Å². The number of aryl methyl sites for hydroxylation is 1. The molecule has 2 heterocycles. The van der Waals surface area contributed by atoms with Crippen molar-refractivity contribution in [1.29, 1.82) is 0 Å². The SMILES string of the molecule is CCc1nc(NCc2cccnc2)cc(=O)[nH]1. The molecule has 88 valence electrons. The molecule has 0 atom stereocenters. The standard InChI is InChI=1S/C12H14N4O/c1-2-10-15-11(6-12(17)16-10)14-8-9-4-3-5-13-7-9/h3-7H,2,8H2,1H3,(H2,14,15,16,17). The Bertz CT molecular complexity index is 536. The smallest absolute Gasteiger partial charge is 0.252 e. The minimum Gasteiger partial charge on any atom is -0.366 e. The predicted molar refractivity (Wildman–Crippen MR) is 65.8 cm³/mol. The quantitative estimate of drug-likeness (QED) is 0.831. The Morgan fingerprint density at radius 3 is 3.06 bits per heavy atom. The summed E-state index contributed by atoms with van der Waals surface area (Å²) in [7, 11) is 0. The molecule has 0 aromatic carbocycles. The van der Waals surface area contributed by atoms with Gasteiger partial charge in [-0.3, -0.25) is 9.78 Å². The third kappa shape index (κ3) is 3.14. The van der Waals surface area contributed by atoms with Crippen molar-refractivity contribution in [2.75, 3.05) is 5.32 Å². The topological polar surface area (TPSA) is 70.7 Å². The molecule has 0 fully saturated rings. The van der Waals surface area contributed by atoms with E-state index in [-0.39, 0.29) is 5.56 Å². The number of nitrogens with one attached hydrogen (secondary N) is 2. The number of rotatable bonds is 4. The summed E-state index contributed by atoms with van der Waals surface area (Å²) in [5.74, 6) is 1.28. The zero-order valence-electron chi connectivity index (χ0n) is 9.60. The third-order valence-electron chi connectivity index (χ3n) is 2.32. The third-order valence-corrected chi connectivity index (χ3v) is 2.32. The average molecular weight is 230 g/mol. The lowest BCUT2D eigenvalue weighted by atomic mass is 10.3. The van der Waals surface area contributed by atoms with Crippen LogP contribution in [0.3, 0.4) is 0 Å². The molecule has 0 spiro atoms. The molecule has 5 nitrogen and oxygen atoms in total. The van der Waals surface area contributed by atoms with Crippen molar-refractivity contribution in [3.8, 4) is 0 Å². The van der Waals surface area contributed by atoms with Crippen molar-refractivity contribution < 1.29 is 0 Å². The molecule has 0 unspecified atom stereocenters. The Kier molecular flexibility index (Phi) is 3.49. The maximum atomic E-state index is 11.3. The van der Waals surface area contributed by atoms with Crippen LogP contribution in [0.1, 0.15) is 18.3 Å². The van der Waals surface area contributed by atoms with Crippen LogP contribution in [0.4, 0.5) is 5.82 Å². The number of nitrogens with zero attached hydrogens (tertiary/aromatic N) is 2. The van der Waals surface area contributed by atoms with E-state index in [9.17, 15) is 4.79 Å². The van der Waals surface area contributed by atoms with Crippen LogP contribution in [-0.4, -0.2) is 15.0 Å². The Morgan fingerprint density at radius 2 is 2.35 bits per heavy atom. The molecule has 5 heteroatoms. The fraction of sp³-hybridized carbons (Fsp3) is 0.250. The molecule has 0 aliphatic rings. The van der Waals surface area contributed by atoms with Gasteiger partial charge in [-0.25, -0.2) is 4.98 Å². The van der Waals surface area contributed by atoms with Gasteiger partial charge in [0.2, 0.25) is 0 Å². The largest absolute Gasteiger partial charge is 0.366 e. The molecule has 0 amide bonds. The summed E-state index contributed by atoms with van der Waals surface area (Å²) >= 11 is 0. The Morgan fingerprint density at radius 1 is 1.47 bits per heavy atom. The number of anilines is 1. The monoisotopic (exact) mass is 230 g/mol.